The lowest BCUT2D eigenvalue weighted by Crippen LogP contribution is -2.30. The zero-order chi connectivity index (χ0) is 24.4. The molecule has 1 aromatic heterocycles. The highest BCUT2D eigenvalue weighted by Crippen LogP contribution is 2.48. The molecule has 1 atom stereocenters. The molecule has 8 heteroatoms. The molecule has 0 bridgehead atoms. The number of para-hydroxylation sites is 2. The monoisotopic (exact) mass is 502 g/mol. The minimum atomic E-state index is -0.275. The summed E-state index contributed by atoms with van der Waals surface area (Å²) in [5, 5.41) is 9.36. The van der Waals surface area contributed by atoms with Crippen LogP contribution in [0.4, 0.5) is 11.4 Å². The van der Waals surface area contributed by atoms with Gasteiger partial charge >= 0.3 is 0 Å². The number of carbonyl (C=O) groups is 1. The fraction of sp³-hybridized carbons (Fsp3) is 0.222. The number of anilines is 2. The Hall–Kier alpha value is -3.23. The average molecular weight is 503 g/mol. The summed E-state index contributed by atoms with van der Waals surface area (Å²) in [7, 11) is 1.91. The second kappa shape index (κ2) is 10.2. The number of aryl methyl sites for hydroxylation is 1. The predicted octanol–water partition coefficient (Wildman–Crippen LogP) is 6.44. The molecule has 0 fully saturated rings. The van der Waals surface area contributed by atoms with Gasteiger partial charge in [0.15, 0.2) is 17.1 Å². The Kier molecular flexibility index (Phi) is 6.83. The highest BCUT2D eigenvalue weighted by Gasteiger charge is 2.28. The fourth-order valence-corrected chi connectivity index (χ4v) is 5.86. The third kappa shape index (κ3) is 4.81. The maximum Gasteiger partial charge on any atom is 0.242 e. The number of hydrogen-bond donors (Lipinski definition) is 0. The number of nitrogens with zero attached hydrogens (tertiary/aromatic N) is 4. The molecule has 0 aliphatic carbocycles. The minimum absolute atomic E-state index is 0.0000578. The van der Waals surface area contributed by atoms with E-state index in [-0.39, 0.29) is 17.8 Å². The highest BCUT2D eigenvalue weighted by atomic mass is 32.2. The van der Waals surface area contributed by atoms with Crippen molar-refractivity contribution < 1.29 is 9.53 Å². The number of benzene rings is 3. The van der Waals surface area contributed by atoms with Crippen LogP contribution in [-0.4, -0.2) is 26.4 Å². The molecule has 0 spiro atoms. The van der Waals surface area contributed by atoms with Gasteiger partial charge in [-0.05, 0) is 55.3 Å². The summed E-state index contributed by atoms with van der Waals surface area (Å²) in [6.07, 6.45) is 0.717. The summed E-state index contributed by atoms with van der Waals surface area (Å²) in [6, 6.07) is 24.1. The van der Waals surface area contributed by atoms with Crippen LogP contribution in [0.2, 0.25) is 0 Å². The van der Waals surface area contributed by atoms with Crippen molar-refractivity contribution in [2.24, 2.45) is 7.05 Å². The molecular formula is C27H26N4O2S2. The molecule has 0 radical (unpaired) electrons. The van der Waals surface area contributed by atoms with Gasteiger partial charge in [0.05, 0.1) is 17.1 Å². The lowest BCUT2D eigenvalue weighted by molar-refractivity contribution is -0.115. The van der Waals surface area contributed by atoms with Crippen molar-refractivity contribution in [2.75, 3.05) is 10.7 Å². The molecule has 178 valence electrons. The van der Waals surface area contributed by atoms with Crippen LogP contribution in [0.1, 0.15) is 31.3 Å². The van der Waals surface area contributed by atoms with E-state index in [1.807, 2.05) is 72.0 Å². The van der Waals surface area contributed by atoms with Crippen LogP contribution in [0.3, 0.4) is 0 Å². The second-order valence-corrected chi connectivity index (χ2v) is 10.2. The van der Waals surface area contributed by atoms with E-state index < -0.39 is 0 Å². The third-order valence-electron chi connectivity index (χ3n) is 5.88. The summed E-state index contributed by atoms with van der Waals surface area (Å²) in [5.41, 5.74) is 3.10. The lowest BCUT2D eigenvalue weighted by Gasteiger charge is -2.30. The van der Waals surface area contributed by atoms with E-state index in [0.29, 0.717) is 11.0 Å². The van der Waals surface area contributed by atoms with Crippen molar-refractivity contribution in [3.63, 3.8) is 0 Å². The maximum absolute atomic E-state index is 13.5. The lowest BCUT2D eigenvalue weighted by atomic mass is 10.2. The number of ether oxygens (including phenoxy) is 1. The van der Waals surface area contributed by atoms with Crippen LogP contribution in [-0.2, 0) is 18.3 Å². The number of thioether (sulfide) groups is 1. The quantitative estimate of drug-likeness (QED) is 0.271. The van der Waals surface area contributed by atoms with Crippen LogP contribution < -0.4 is 9.64 Å². The SMILES string of the molecule is CCc1ccc(O[C@@H](C)c2nnc(SCC(=O)N3c4ccccc4Sc4ccccc43)n2C)cc1. The Balaban J connectivity index is 1.30. The molecule has 3 aromatic carbocycles. The van der Waals surface area contributed by atoms with E-state index >= 15 is 0 Å². The molecule has 0 unspecified atom stereocenters. The van der Waals surface area contributed by atoms with Gasteiger partial charge in [-0.2, -0.15) is 0 Å². The van der Waals surface area contributed by atoms with Crippen molar-refractivity contribution in [3.8, 4) is 5.75 Å². The molecule has 1 amide bonds. The normalized spacial score (nSPS) is 13.2. The number of rotatable bonds is 7. The molecule has 1 aliphatic heterocycles. The number of hydrogen-bond acceptors (Lipinski definition) is 6. The van der Waals surface area contributed by atoms with Gasteiger partial charge in [-0.15, -0.1) is 10.2 Å². The first-order valence-corrected chi connectivity index (χ1v) is 13.3. The van der Waals surface area contributed by atoms with Gasteiger partial charge in [-0.3, -0.25) is 9.69 Å². The third-order valence-corrected chi connectivity index (χ3v) is 8.02. The molecule has 5 rings (SSSR count). The van der Waals surface area contributed by atoms with Crippen molar-refractivity contribution >= 4 is 40.8 Å². The smallest absolute Gasteiger partial charge is 0.242 e. The first kappa shape index (κ1) is 23.5. The van der Waals surface area contributed by atoms with Crippen molar-refractivity contribution in [2.45, 2.75) is 41.3 Å². The summed E-state index contributed by atoms with van der Waals surface area (Å²) < 4.78 is 7.98. The van der Waals surface area contributed by atoms with Crippen LogP contribution in [0.15, 0.2) is 87.7 Å². The van der Waals surface area contributed by atoms with Crippen molar-refractivity contribution in [1.29, 1.82) is 0 Å². The predicted molar refractivity (Wildman–Crippen MR) is 141 cm³/mol. The molecule has 6 nitrogen and oxygen atoms in total. The van der Waals surface area contributed by atoms with Crippen LogP contribution in [0.5, 0.6) is 5.75 Å². The Morgan fingerprint density at radius 2 is 1.60 bits per heavy atom. The summed E-state index contributed by atoms with van der Waals surface area (Å²) in [4.78, 5) is 17.4. The number of carbonyl (C=O) groups excluding carboxylic acids is 1. The minimum Gasteiger partial charge on any atom is -0.483 e. The van der Waals surface area contributed by atoms with Gasteiger partial charge in [0.25, 0.3) is 0 Å². The number of amides is 1. The van der Waals surface area contributed by atoms with Gasteiger partial charge in [0, 0.05) is 16.8 Å². The first-order chi connectivity index (χ1) is 17.0. The van der Waals surface area contributed by atoms with E-state index in [1.165, 1.54) is 17.3 Å². The molecular weight excluding hydrogens is 476 g/mol. The Labute approximate surface area is 213 Å². The second-order valence-electron chi connectivity index (χ2n) is 8.21. The summed E-state index contributed by atoms with van der Waals surface area (Å²) >= 11 is 3.07. The van der Waals surface area contributed by atoms with E-state index in [4.69, 9.17) is 4.74 Å². The van der Waals surface area contributed by atoms with Crippen LogP contribution >= 0.6 is 23.5 Å². The highest BCUT2D eigenvalue weighted by molar-refractivity contribution is 8.00. The molecule has 0 N–H and O–H groups in total. The van der Waals surface area contributed by atoms with Crippen LogP contribution in [0.25, 0.3) is 0 Å². The van der Waals surface area contributed by atoms with Gasteiger partial charge in [0.1, 0.15) is 5.75 Å². The zero-order valence-electron chi connectivity index (χ0n) is 19.8. The molecule has 1 aliphatic rings. The summed E-state index contributed by atoms with van der Waals surface area (Å²) in [5.74, 6) is 1.75. The Morgan fingerprint density at radius 3 is 2.23 bits per heavy atom. The van der Waals surface area contributed by atoms with Crippen molar-refractivity contribution in [1.82, 2.24) is 14.8 Å². The van der Waals surface area contributed by atoms with Gasteiger partial charge < -0.3 is 9.30 Å². The first-order valence-electron chi connectivity index (χ1n) is 11.5. The van der Waals surface area contributed by atoms with E-state index in [2.05, 4.69) is 41.4 Å². The molecule has 4 aromatic rings. The van der Waals surface area contributed by atoms with Gasteiger partial charge in [-0.1, -0.05) is 66.8 Å². The largest absolute Gasteiger partial charge is 0.483 e. The maximum atomic E-state index is 13.5. The molecule has 0 saturated heterocycles. The number of fused-ring (bicyclic) bond motifs is 2. The molecule has 0 saturated carbocycles. The fourth-order valence-electron chi connectivity index (χ4n) is 4.03. The zero-order valence-corrected chi connectivity index (χ0v) is 21.5. The van der Waals surface area contributed by atoms with E-state index in [0.717, 1.165) is 33.3 Å². The van der Waals surface area contributed by atoms with Crippen LogP contribution in [0, 0.1) is 0 Å². The molecule has 35 heavy (non-hydrogen) atoms. The van der Waals surface area contributed by atoms with E-state index in [9.17, 15) is 4.79 Å². The van der Waals surface area contributed by atoms with Gasteiger partial charge in [0.2, 0.25) is 5.91 Å². The standard InChI is InChI=1S/C27H26N4O2S2/c1-4-19-13-15-20(16-14-19)33-18(2)26-28-29-27(30(26)3)34-17-25(32)31-21-9-5-7-11-23(21)35-24-12-8-6-10-22(24)31/h5-16,18H,4,17H2,1-3H3/t18-/m0/s1. The Bertz CT molecular complexity index is 1310. The molecule has 2 heterocycles. The van der Waals surface area contributed by atoms with E-state index in [1.54, 1.807) is 11.8 Å². The average Bonchev–Trinajstić information content (AvgIpc) is 3.26. The topological polar surface area (TPSA) is 60.3 Å². The van der Waals surface area contributed by atoms with Gasteiger partial charge in [-0.25, -0.2) is 0 Å². The Morgan fingerprint density at radius 1 is 0.971 bits per heavy atom. The summed E-state index contributed by atoms with van der Waals surface area (Å²) in [6.45, 7) is 4.08. The van der Waals surface area contributed by atoms with Crippen molar-refractivity contribution in [3.05, 3.63) is 84.2 Å². The number of aromatic nitrogens is 3.